The molecular formula is C18H26FN3O. The highest BCUT2D eigenvalue weighted by atomic mass is 19.1. The van der Waals surface area contributed by atoms with E-state index in [1.54, 1.807) is 12.1 Å². The number of alkyl halides is 1. The zero-order valence-corrected chi connectivity index (χ0v) is 13.7. The maximum atomic E-state index is 14.7. The van der Waals surface area contributed by atoms with Crippen LogP contribution in [0.25, 0.3) is 0 Å². The molecule has 1 heterocycles. The molecule has 5 heteroatoms. The molecule has 1 saturated carbocycles. The Kier molecular flexibility index (Phi) is 4.85. The molecule has 2 N–H and O–H groups in total. The Balaban J connectivity index is 1.44. The van der Waals surface area contributed by atoms with E-state index in [-0.39, 0.29) is 6.03 Å². The van der Waals surface area contributed by atoms with Crippen LogP contribution in [-0.2, 0) is 5.67 Å². The number of halogens is 1. The normalized spacial score (nSPS) is 31.2. The van der Waals surface area contributed by atoms with Gasteiger partial charge in [-0.1, -0.05) is 36.8 Å². The van der Waals surface area contributed by atoms with Crippen molar-refractivity contribution in [3.05, 3.63) is 35.9 Å². The van der Waals surface area contributed by atoms with Crippen molar-refractivity contribution in [1.82, 2.24) is 15.5 Å². The van der Waals surface area contributed by atoms with E-state index in [1.807, 2.05) is 18.2 Å². The van der Waals surface area contributed by atoms with Crippen LogP contribution < -0.4 is 10.6 Å². The molecule has 1 aromatic rings. The van der Waals surface area contributed by atoms with Crippen LogP contribution in [0.4, 0.5) is 9.18 Å². The van der Waals surface area contributed by atoms with Crippen molar-refractivity contribution < 1.29 is 9.18 Å². The molecule has 3 unspecified atom stereocenters. The molecule has 1 aliphatic carbocycles. The summed E-state index contributed by atoms with van der Waals surface area (Å²) in [6.45, 7) is 2.81. The van der Waals surface area contributed by atoms with E-state index in [9.17, 15) is 9.18 Å². The van der Waals surface area contributed by atoms with Crippen LogP contribution in [0.1, 0.15) is 31.2 Å². The predicted octanol–water partition coefficient (Wildman–Crippen LogP) is 2.65. The Labute approximate surface area is 137 Å². The Hall–Kier alpha value is -1.62. The van der Waals surface area contributed by atoms with Crippen LogP contribution in [0, 0.1) is 5.92 Å². The smallest absolute Gasteiger partial charge is 0.315 e. The molecule has 3 rings (SSSR count). The largest absolute Gasteiger partial charge is 0.338 e. The van der Waals surface area contributed by atoms with Gasteiger partial charge in [0.2, 0.25) is 0 Å². The lowest BCUT2D eigenvalue weighted by Gasteiger charge is -2.20. The van der Waals surface area contributed by atoms with E-state index in [2.05, 4.69) is 22.6 Å². The average molecular weight is 319 g/mol. The van der Waals surface area contributed by atoms with E-state index >= 15 is 0 Å². The lowest BCUT2D eigenvalue weighted by molar-refractivity contribution is 0.229. The summed E-state index contributed by atoms with van der Waals surface area (Å²) in [6.07, 6.45) is 3.94. The fourth-order valence-corrected chi connectivity index (χ4v) is 3.49. The van der Waals surface area contributed by atoms with Crippen molar-refractivity contribution >= 4 is 6.03 Å². The standard InChI is InChI=1S/C18H26FN3O/c1-22-10-6-5-7-14(13-22)12-20-17(23)21-16-11-18(16,19)15-8-3-2-4-9-15/h2-4,8-9,14,16H,5-7,10-13H2,1H3,(H2,20,21,23). The van der Waals surface area contributed by atoms with Gasteiger partial charge in [0.1, 0.15) is 0 Å². The van der Waals surface area contributed by atoms with E-state index in [0.717, 1.165) is 19.5 Å². The molecule has 126 valence electrons. The van der Waals surface area contributed by atoms with Gasteiger partial charge in [0, 0.05) is 19.5 Å². The molecule has 2 fully saturated rings. The number of carbonyl (C=O) groups excluding carboxylic acids is 1. The number of carbonyl (C=O) groups is 1. The predicted molar refractivity (Wildman–Crippen MR) is 89.0 cm³/mol. The Morgan fingerprint density at radius 1 is 1.35 bits per heavy atom. The first-order valence-electron chi connectivity index (χ1n) is 8.55. The minimum absolute atomic E-state index is 0.252. The van der Waals surface area contributed by atoms with E-state index < -0.39 is 11.7 Å². The Bertz CT molecular complexity index is 538. The highest BCUT2D eigenvalue weighted by Gasteiger charge is 2.57. The van der Waals surface area contributed by atoms with Gasteiger partial charge in [-0.3, -0.25) is 0 Å². The first-order chi connectivity index (χ1) is 11.1. The monoisotopic (exact) mass is 319 g/mol. The lowest BCUT2D eigenvalue weighted by Crippen LogP contribution is -2.42. The summed E-state index contributed by atoms with van der Waals surface area (Å²) in [5.41, 5.74) is -0.753. The summed E-state index contributed by atoms with van der Waals surface area (Å²) in [6, 6.07) is 8.42. The zero-order chi connectivity index (χ0) is 16.3. The van der Waals surface area contributed by atoms with Crippen molar-refractivity contribution in [3.8, 4) is 0 Å². The minimum atomic E-state index is -1.40. The fraction of sp³-hybridized carbons (Fsp3) is 0.611. The molecule has 1 aromatic carbocycles. The van der Waals surface area contributed by atoms with E-state index in [0.29, 0.717) is 24.4 Å². The van der Waals surface area contributed by atoms with Crippen molar-refractivity contribution in [1.29, 1.82) is 0 Å². The quantitative estimate of drug-likeness (QED) is 0.896. The first kappa shape index (κ1) is 16.2. The molecule has 1 aliphatic heterocycles. The number of nitrogens with zero attached hydrogens (tertiary/aromatic N) is 1. The maximum absolute atomic E-state index is 14.7. The van der Waals surface area contributed by atoms with Gasteiger partial charge in [0.25, 0.3) is 0 Å². The summed E-state index contributed by atoms with van der Waals surface area (Å²) in [7, 11) is 2.12. The zero-order valence-electron chi connectivity index (χ0n) is 13.7. The molecule has 23 heavy (non-hydrogen) atoms. The number of hydrogen-bond donors (Lipinski definition) is 2. The minimum Gasteiger partial charge on any atom is -0.338 e. The van der Waals surface area contributed by atoms with Crippen LogP contribution >= 0.6 is 0 Å². The molecule has 0 radical (unpaired) electrons. The van der Waals surface area contributed by atoms with Gasteiger partial charge in [-0.2, -0.15) is 0 Å². The third kappa shape index (κ3) is 4.02. The van der Waals surface area contributed by atoms with Crippen molar-refractivity contribution in [2.75, 3.05) is 26.7 Å². The van der Waals surface area contributed by atoms with E-state index in [1.165, 1.54) is 12.8 Å². The van der Waals surface area contributed by atoms with Gasteiger partial charge in [0.15, 0.2) is 5.67 Å². The van der Waals surface area contributed by atoms with Crippen LogP contribution in [0.2, 0.25) is 0 Å². The molecule has 2 aliphatic rings. The number of amides is 2. The van der Waals surface area contributed by atoms with E-state index in [4.69, 9.17) is 0 Å². The third-order valence-electron chi connectivity index (χ3n) is 4.98. The van der Waals surface area contributed by atoms with Crippen LogP contribution in [0.3, 0.4) is 0 Å². The van der Waals surface area contributed by atoms with Crippen LogP contribution in [0.5, 0.6) is 0 Å². The second-order valence-corrected chi connectivity index (χ2v) is 6.96. The molecule has 0 bridgehead atoms. The van der Waals surface area contributed by atoms with Crippen LogP contribution in [0.15, 0.2) is 30.3 Å². The molecule has 0 aromatic heterocycles. The van der Waals surface area contributed by atoms with Crippen molar-refractivity contribution in [3.63, 3.8) is 0 Å². The number of likely N-dealkylation sites (tertiary alicyclic amines) is 1. The second-order valence-electron chi connectivity index (χ2n) is 6.96. The number of rotatable bonds is 4. The van der Waals surface area contributed by atoms with Gasteiger partial charge < -0.3 is 15.5 Å². The molecule has 1 saturated heterocycles. The fourth-order valence-electron chi connectivity index (χ4n) is 3.49. The highest BCUT2D eigenvalue weighted by Crippen LogP contribution is 2.49. The van der Waals surface area contributed by atoms with Gasteiger partial charge in [0.05, 0.1) is 6.04 Å². The van der Waals surface area contributed by atoms with Gasteiger partial charge in [-0.25, -0.2) is 9.18 Å². The summed E-state index contributed by atoms with van der Waals surface area (Å²) in [5.74, 6) is 0.483. The van der Waals surface area contributed by atoms with Crippen LogP contribution in [-0.4, -0.2) is 43.7 Å². The third-order valence-corrected chi connectivity index (χ3v) is 4.98. The average Bonchev–Trinajstić information content (AvgIpc) is 3.25. The number of nitrogens with one attached hydrogen (secondary N) is 2. The van der Waals surface area contributed by atoms with Gasteiger partial charge >= 0.3 is 6.03 Å². The molecule has 4 nitrogen and oxygen atoms in total. The molecule has 0 spiro atoms. The number of benzene rings is 1. The Morgan fingerprint density at radius 3 is 2.91 bits per heavy atom. The number of urea groups is 1. The summed E-state index contributed by atoms with van der Waals surface area (Å²) in [4.78, 5) is 14.3. The molecule has 2 amide bonds. The summed E-state index contributed by atoms with van der Waals surface area (Å²) >= 11 is 0. The van der Waals surface area contributed by atoms with Crippen molar-refractivity contribution in [2.45, 2.75) is 37.4 Å². The SMILES string of the molecule is CN1CCCCC(CNC(=O)NC2CC2(F)c2ccccc2)C1. The summed E-state index contributed by atoms with van der Waals surface area (Å²) < 4.78 is 14.7. The summed E-state index contributed by atoms with van der Waals surface area (Å²) in [5, 5.41) is 5.69. The highest BCUT2D eigenvalue weighted by molar-refractivity contribution is 5.75. The van der Waals surface area contributed by atoms with Gasteiger partial charge in [-0.05, 0) is 37.9 Å². The topological polar surface area (TPSA) is 44.4 Å². The first-order valence-corrected chi connectivity index (χ1v) is 8.55. The lowest BCUT2D eigenvalue weighted by atomic mass is 10.0. The molecular weight excluding hydrogens is 293 g/mol. The van der Waals surface area contributed by atoms with Gasteiger partial charge in [-0.15, -0.1) is 0 Å². The Morgan fingerprint density at radius 2 is 2.13 bits per heavy atom. The second kappa shape index (κ2) is 6.87. The number of hydrogen-bond acceptors (Lipinski definition) is 2. The van der Waals surface area contributed by atoms with Crippen molar-refractivity contribution in [2.24, 2.45) is 5.92 Å². The maximum Gasteiger partial charge on any atom is 0.315 e. The molecule has 3 atom stereocenters.